The van der Waals surface area contributed by atoms with E-state index in [-0.39, 0.29) is 44.7 Å². The minimum Gasteiger partial charge on any atom is -0.382 e. The molecule has 0 aliphatic rings. The van der Waals surface area contributed by atoms with E-state index in [2.05, 4.69) is 30.5 Å². The Morgan fingerprint density at radius 3 is 2.70 bits per heavy atom. The summed E-state index contributed by atoms with van der Waals surface area (Å²) in [7, 11) is 0. The Morgan fingerprint density at radius 1 is 1.23 bits per heavy atom. The lowest BCUT2D eigenvalue weighted by Crippen LogP contribution is -2.28. The zero-order chi connectivity index (χ0) is 21.6. The molecule has 0 aliphatic heterocycles. The van der Waals surface area contributed by atoms with Gasteiger partial charge in [-0.2, -0.15) is 19.5 Å². The maximum atomic E-state index is 13.6. The molecule has 0 bridgehead atoms. The maximum Gasteiger partial charge on any atom is 0.268 e. The molecular weight excluding hydrogens is 436 g/mol. The van der Waals surface area contributed by atoms with Gasteiger partial charge in [-0.15, -0.1) is 0 Å². The van der Waals surface area contributed by atoms with E-state index < -0.39 is 17.5 Å². The van der Waals surface area contributed by atoms with Crippen molar-refractivity contribution in [2.75, 3.05) is 16.8 Å². The van der Waals surface area contributed by atoms with Crippen molar-refractivity contribution >= 4 is 51.7 Å². The molecule has 0 aliphatic carbocycles. The molecule has 0 saturated heterocycles. The van der Waals surface area contributed by atoms with E-state index in [4.69, 9.17) is 34.7 Å². The molecule has 13 heteroatoms. The van der Waals surface area contributed by atoms with E-state index in [9.17, 15) is 9.18 Å². The molecule has 0 saturated carbocycles. The van der Waals surface area contributed by atoms with Crippen LogP contribution in [0.15, 0.2) is 29.1 Å². The fourth-order valence-electron chi connectivity index (χ4n) is 2.97. The van der Waals surface area contributed by atoms with Crippen LogP contribution in [0.1, 0.15) is 18.8 Å². The number of nitrogens with zero attached hydrogens (tertiary/aromatic N) is 5. The molecule has 10 nitrogen and oxygen atoms in total. The summed E-state index contributed by atoms with van der Waals surface area (Å²) in [6, 6.07) is 5.28. The Kier molecular flexibility index (Phi) is 4.92. The van der Waals surface area contributed by atoms with Crippen molar-refractivity contribution in [2.24, 2.45) is 0 Å². The third kappa shape index (κ3) is 3.37. The van der Waals surface area contributed by atoms with Crippen LogP contribution in [0.25, 0.3) is 16.7 Å². The molecule has 1 aromatic carbocycles. The number of aromatic nitrogens is 6. The van der Waals surface area contributed by atoms with Crippen LogP contribution in [0.2, 0.25) is 10.0 Å². The molecule has 1 atom stereocenters. The molecule has 4 aromatic rings. The van der Waals surface area contributed by atoms with Crippen molar-refractivity contribution in [3.8, 4) is 5.82 Å². The summed E-state index contributed by atoms with van der Waals surface area (Å²) in [5.74, 6) is -0.464. The van der Waals surface area contributed by atoms with Crippen LogP contribution in [0.3, 0.4) is 0 Å². The smallest absolute Gasteiger partial charge is 0.268 e. The average molecular weight is 450 g/mol. The summed E-state index contributed by atoms with van der Waals surface area (Å²) in [5.41, 5.74) is 11.2. The quantitative estimate of drug-likeness (QED) is 0.370. The van der Waals surface area contributed by atoms with Crippen LogP contribution in [0, 0.1) is 5.95 Å². The molecule has 3 heterocycles. The molecule has 6 N–H and O–H groups in total. The monoisotopic (exact) mass is 449 g/mol. The lowest BCUT2D eigenvalue weighted by Gasteiger charge is -2.19. The van der Waals surface area contributed by atoms with Gasteiger partial charge in [-0.05, 0) is 19.1 Å². The van der Waals surface area contributed by atoms with Gasteiger partial charge >= 0.3 is 0 Å². The van der Waals surface area contributed by atoms with Gasteiger partial charge in [0.2, 0.25) is 11.9 Å². The van der Waals surface area contributed by atoms with E-state index in [1.807, 2.05) is 0 Å². The third-order valence-corrected chi connectivity index (χ3v) is 4.96. The Balaban J connectivity index is 1.92. The summed E-state index contributed by atoms with van der Waals surface area (Å²) >= 11 is 12.4. The van der Waals surface area contributed by atoms with E-state index in [0.29, 0.717) is 5.52 Å². The lowest BCUT2D eigenvalue weighted by atomic mass is 10.2. The van der Waals surface area contributed by atoms with Gasteiger partial charge in [0.05, 0.1) is 22.0 Å². The Morgan fingerprint density at radius 2 is 2.00 bits per heavy atom. The lowest BCUT2D eigenvalue weighted by molar-refractivity contribution is 0.579. The number of anilines is 3. The molecule has 0 spiro atoms. The van der Waals surface area contributed by atoms with E-state index in [1.54, 1.807) is 25.1 Å². The molecule has 4 rings (SSSR count). The van der Waals surface area contributed by atoms with Gasteiger partial charge in [-0.1, -0.05) is 29.3 Å². The first-order valence-corrected chi connectivity index (χ1v) is 9.29. The Labute approximate surface area is 178 Å². The average Bonchev–Trinajstić information content (AvgIpc) is 3.11. The standard InChI is InChI=1S/C17H14Cl2FN9O/c1-6(23-14-12(19)13(21)25-17(22)26-14)15-24-8-4-2-3-7(18)11(8)16(30)29(15)10-5-9(20)27-28-10/h2-6H,1H3,(H,27,28)(H5,21,22,23,25,26). The molecule has 154 valence electrons. The van der Waals surface area contributed by atoms with Gasteiger partial charge in [-0.3, -0.25) is 9.89 Å². The molecule has 0 amide bonds. The summed E-state index contributed by atoms with van der Waals surface area (Å²) in [6.07, 6.45) is 0. The summed E-state index contributed by atoms with van der Waals surface area (Å²) in [5, 5.41) is 9.44. The van der Waals surface area contributed by atoms with Crippen LogP contribution in [-0.2, 0) is 0 Å². The van der Waals surface area contributed by atoms with E-state index >= 15 is 0 Å². The zero-order valence-corrected chi connectivity index (χ0v) is 16.8. The first kappa shape index (κ1) is 19.9. The van der Waals surface area contributed by atoms with Crippen molar-refractivity contribution < 1.29 is 4.39 Å². The molecule has 0 fully saturated rings. The Hall–Kier alpha value is -3.44. The SMILES string of the molecule is CC(Nc1nc(N)nc(N)c1Cl)c1nc2cccc(Cl)c2c(=O)n1-c1cc(F)[nH]n1. The second-order valence-corrected chi connectivity index (χ2v) is 7.10. The van der Waals surface area contributed by atoms with Crippen LogP contribution in [0.4, 0.5) is 22.0 Å². The van der Waals surface area contributed by atoms with Gasteiger partial charge in [-0.25, -0.2) is 9.55 Å². The first-order valence-electron chi connectivity index (χ1n) is 8.53. The largest absolute Gasteiger partial charge is 0.382 e. The predicted octanol–water partition coefficient (Wildman–Crippen LogP) is 2.68. The number of rotatable bonds is 4. The predicted molar refractivity (Wildman–Crippen MR) is 112 cm³/mol. The number of hydrogen-bond donors (Lipinski definition) is 4. The summed E-state index contributed by atoms with van der Waals surface area (Å²) in [6.45, 7) is 1.70. The van der Waals surface area contributed by atoms with Gasteiger partial charge in [0.25, 0.3) is 5.56 Å². The van der Waals surface area contributed by atoms with Gasteiger partial charge in [0, 0.05) is 6.07 Å². The summed E-state index contributed by atoms with van der Waals surface area (Å²) in [4.78, 5) is 25.6. The number of aromatic amines is 1. The normalized spacial score (nSPS) is 12.3. The maximum absolute atomic E-state index is 13.6. The van der Waals surface area contributed by atoms with Gasteiger partial charge in [0.1, 0.15) is 16.7 Å². The highest BCUT2D eigenvalue weighted by atomic mass is 35.5. The fourth-order valence-corrected chi connectivity index (χ4v) is 3.36. The van der Waals surface area contributed by atoms with Crippen LogP contribution >= 0.6 is 23.2 Å². The number of nitrogens with one attached hydrogen (secondary N) is 2. The van der Waals surface area contributed by atoms with Crippen LogP contribution < -0.4 is 22.3 Å². The number of fused-ring (bicyclic) bond motifs is 1. The second kappa shape index (κ2) is 7.43. The van der Waals surface area contributed by atoms with Crippen molar-refractivity contribution in [3.05, 3.63) is 56.4 Å². The Bertz CT molecular complexity index is 1340. The van der Waals surface area contributed by atoms with Crippen LogP contribution in [0.5, 0.6) is 0 Å². The highest BCUT2D eigenvalue weighted by Crippen LogP contribution is 2.29. The van der Waals surface area contributed by atoms with Crippen LogP contribution in [-0.4, -0.2) is 29.7 Å². The summed E-state index contributed by atoms with van der Waals surface area (Å²) < 4.78 is 14.7. The highest BCUT2D eigenvalue weighted by Gasteiger charge is 2.22. The van der Waals surface area contributed by atoms with Crippen molar-refractivity contribution in [2.45, 2.75) is 13.0 Å². The third-order valence-electron chi connectivity index (χ3n) is 4.27. The van der Waals surface area contributed by atoms with Gasteiger partial charge < -0.3 is 16.8 Å². The molecule has 1 unspecified atom stereocenters. The fraction of sp³-hybridized carbons (Fsp3) is 0.118. The van der Waals surface area contributed by atoms with Crippen molar-refractivity contribution in [3.63, 3.8) is 0 Å². The zero-order valence-electron chi connectivity index (χ0n) is 15.3. The van der Waals surface area contributed by atoms with Gasteiger partial charge in [0.15, 0.2) is 11.6 Å². The number of halogens is 3. The molecular formula is C17H14Cl2FN9O. The minimum absolute atomic E-state index is 0.00304. The van der Waals surface area contributed by atoms with Crippen molar-refractivity contribution in [1.29, 1.82) is 0 Å². The number of H-pyrrole nitrogens is 1. The van der Waals surface area contributed by atoms with E-state index in [0.717, 1.165) is 10.6 Å². The number of benzene rings is 1. The van der Waals surface area contributed by atoms with E-state index in [1.165, 1.54) is 0 Å². The molecule has 30 heavy (non-hydrogen) atoms. The number of nitrogens with two attached hydrogens (primary N) is 2. The highest BCUT2D eigenvalue weighted by molar-refractivity contribution is 6.35. The number of nitrogen functional groups attached to an aromatic ring is 2. The molecule has 0 radical (unpaired) electrons. The molecule has 3 aromatic heterocycles. The minimum atomic E-state index is -0.720. The second-order valence-electron chi connectivity index (χ2n) is 6.31. The topological polar surface area (TPSA) is 153 Å². The number of hydrogen-bond acceptors (Lipinski definition) is 8. The van der Waals surface area contributed by atoms with Crippen molar-refractivity contribution in [1.82, 2.24) is 29.7 Å². The first-order chi connectivity index (χ1) is 14.3.